The summed E-state index contributed by atoms with van der Waals surface area (Å²) in [6.07, 6.45) is 78.6. The maximum absolute atomic E-state index is 10.00. The van der Waals surface area contributed by atoms with Crippen molar-refractivity contribution in [1.29, 1.82) is 0 Å². The van der Waals surface area contributed by atoms with Crippen molar-refractivity contribution in [2.75, 3.05) is 39.6 Å². The number of H-pyrrole nitrogens is 1. The fraction of sp³-hybridized carbons (Fsp3) is 0.698. The normalized spacial score (nSPS) is 18.6. The third-order valence-electron chi connectivity index (χ3n) is 30.9. The van der Waals surface area contributed by atoms with Crippen molar-refractivity contribution in [3.05, 3.63) is 182 Å². The Morgan fingerprint density at radius 2 is 0.811 bits per heavy atom. The number of aliphatic hydroxyl groups is 8. The van der Waals surface area contributed by atoms with Gasteiger partial charge in [-0.15, -0.1) is 22.7 Å². The van der Waals surface area contributed by atoms with E-state index in [0.717, 1.165) is 245 Å². The van der Waals surface area contributed by atoms with Crippen LogP contribution >= 0.6 is 22.7 Å². The molecule has 8 atom stereocenters. The average molecular weight is 2090 g/mol. The molecule has 8 heterocycles. The minimum Gasteiger partial charge on any atom is -0.492 e. The van der Waals surface area contributed by atoms with Gasteiger partial charge in [-0.3, -0.25) is 15.0 Å². The Labute approximate surface area is 901 Å². The van der Waals surface area contributed by atoms with Crippen LogP contribution in [0.2, 0.25) is 0 Å². The molecule has 22 heteroatoms. The highest BCUT2D eigenvalue weighted by atomic mass is 32.1. The van der Waals surface area contributed by atoms with Gasteiger partial charge in [-0.1, -0.05) is 292 Å². The molecule has 8 unspecified atom stereocenters. The lowest BCUT2D eigenvalue weighted by molar-refractivity contribution is 0.121. The van der Waals surface area contributed by atoms with Crippen LogP contribution in [0.5, 0.6) is 34.3 Å². The lowest BCUT2D eigenvalue weighted by Gasteiger charge is -2.21. The predicted octanol–water partition coefficient (Wildman–Crippen LogP) is 33.6. The number of pyridine rings is 4. The van der Waals surface area contributed by atoms with Crippen LogP contribution in [0.1, 0.15) is 526 Å². The van der Waals surface area contributed by atoms with E-state index in [9.17, 15) is 40.9 Å². The molecule has 0 radical (unpaired) electrons. The molecule has 9 N–H and O–H groups in total. The van der Waals surface area contributed by atoms with E-state index in [-0.39, 0.29) is 24.4 Å². The van der Waals surface area contributed by atoms with Crippen LogP contribution in [-0.4, -0.2) is 105 Å². The first-order valence-corrected chi connectivity index (χ1v) is 61.3. The number of aliphatic hydroxyl groups excluding tert-OH is 8. The van der Waals surface area contributed by atoms with Crippen molar-refractivity contribution in [1.82, 2.24) is 24.9 Å². The Bertz CT molecular complexity index is 4170. The van der Waals surface area contributed by atoms with Crippen LogP contribution in [0.15, 0.2) is 131 Å². The van der Waals surface area contributed by atoms with Crippen LogP contribution < -0.4 is 28.4 Å². The monoisotopic (exact) mass is 2090 g/mol. The predicted molar refractivity (Wildman–Crippen MR) is 607 cm³/mol. The van der Waals surface area contributed by atoms with Crippen LogP contribution in [-0.2, 0) is 6.42 Å². The zero-order valence-electron chi connectivity index (χ0n) is 92.7. The van der Waals surface area contributed by atoms with Gasteiger partial charge in [0, 0.05) is 69.4 Å². The molecule has 830 valence electrons. The average Bonchev–Trinajstić information content (AvgIpc) is 1.51. The van der Waals surface area contributed by atoms with E-state index in [2.05, 4.69) is 91.6 Å². The van der Waals surface area contributed by atoms with E-state index in [4.69, 9.17) is 32.8 Å². The number of allylic oxidation sites excluding steroid dienone is 1. The molecule has 0 amide bonds. The molecule has 8 aliphatic rings. The Hall–Kier alpha value is -7.22. The molecule has 8 aliphatic carbocycles. The van der Waals surface area contributed by atoms with E-state index < -0.39 is 24.4 Å². The topological polar surface area (TPSA) is 298 Å². The molecule has 8 aromatic heterocycles. The summed E-state index contributed by atoms with van der Waals surface area (Å²) < 4.78 is 40.3. The maximum atomic E-state index is 10.00. The molecule has 0 aliphatic heterocycles. The van der Waals surface area contributed by atoms with Crippen molar-refractivity contribution in [3.63, 3.8) is 0 Å². The summed E-state index contributed by atoms with van der Waals surface area (Å²) in [5, 5.41) is 84.4. The van der Waals surface area contributed by atoms with Crippen molar-refractivity contribution in [2.24, 2.45) is 47.3 Å². The first kappa shape index (κ1) is 124. The molecule has 8 saturated carbocycles. The number of hydrogen-bond acceptors (Lipinski definition) is 21. The van der Waals surface area contributed by atoms with Gasteiger partial charge in [0.25, 0.3) is 5.95 Å². The van der Waals surface area contributed by atoms with Crippen LogP contribution in [0.25, 0.3) is 6.08 Å². The third-order valence-corrected chi connectivity index (χ3v) is 32.8. The quantitative estimate of drug-likeness (QED) is 0.0171. The highest BCUT2D eigenvalue weighted by Gasteiger charge is 2.26. The van der Waals surface area contributed by atoms with Gasteiger partial charge in [-0.2, -0.15) is 0 Å². The van der Waals surface area contributed by atoms with Crippen molar-refractivity contribution < 1.29 is 73.7 Å². The maximum Gasteiger partial charge on any atom is 0.284 e. The molecule has 148 heavy (non-hydrogen) atoms. The summed E-state index contributed by atoms with van der Waals surface area (Å²) >= 11 is 3.22. The van der Waals surface area contributed by atoms with Gasteiger partial charge in [0.2, 0.25) is 5.88 Å². The summed E-state index contributed by atoms with van der Waals surface area (Å²) in [5.41, 5.74) is 7.62. The number of thiophene rings is 2. The van der Waals surface area contributed by atoms with Crippen LogP contribution in [0.4, 0.5) is 0 Å². The number of rotatable bonds is 47. The van der Waals surface area contributed by atoms with Gasteiger partial charge in [0.15, 0.2) is 10.9 Å². The number of furan rings is 1. The second-order valence-electron chi connectivity index (χ2n) is 43.9. The summed E-state index contributed by atoms with van der Waals surface area (Å²) in [6, 6.07) is 27.3. The first-order chi connectivity index (χ1) is 72.3. The third kappa shape index (κ3) is 50.3. The van der Waals surface area contributed by atoms with Gasteiger partial charge in [0.1, 0.15) is 23.4 Å². The molecule has 0 bridgehead atoms. The van der Waals surface area contributed by atoms with Gasteiger partial charge in [-0.25, -0.2) is 4.98 Å². The number of nitrogens with one attached hydrogen (secondary N) is 1. The van der Waals surface area contributed by atoms with Crippen molar-refractivity contribution in [2.45, 2.75) is 477 Å². The zero-order chi connectivity index (χ0) is 105. The molecular weight excluding hydrogens is 1890 g/mol. The molecule has 0 saturated heterocycles. The number of nitrogens with zero attached hydrogens (tertiary/aromatic N) is 4. The second kappa shape index (κ2) is 75.5. The van der Waals surface area contributed by atoms with E-state index >= 15 is 0 Å². The molecule has 20 nitrogen and oxygen atoms in total. The van der Waals surface area contributed by atoms with Gasteiger partial charge >= 0.3 is 0 Å². The van der Waals surface area contributed by atoms with Crippen molar-refractivity contribution >= 4 is 28.7 Å². The number of aryl methyl sites for hydroxylation is 1. The number of aromatic nitrogens is 5. The molecular formula is C126H199N5O15S2. The lowest BCUT2D eigenvalue weighted by atomic mass is 9.86. The van der Waals surface area contributed by atoms with Crippen molar-refractivity contribution in [3.8, 4) is 34.3 Å². The smallest absolute Gasteiger partial charge is 0.284 e. The summed E-state index contributed by atoms with van der Waals surface area (Å²) in [5.74, 6) is 10.2. The Balaban J connectivity index is 0.000000188. The SMILES string of the molecule is CCCC(O)c1cc(/C=C/C2CCCCC2)ccn1.CCCC(O)c1cc(OCC2CCCCC2)cs1.CCCC(O)c1ccc(OCC2CCCCC2)[nH]1.CCCC(O)c1ccc(OCC2CCCCC2)o1.CCCC(O)c1cccc(CCC2CCCCC2)n1.CCCC(O)c1ccnc(OCC2CCCCC2)c1.CCCC(O)c1cncc(OCC2CCCCC2)c1.CCCC(O)c1csc(OCC2CCCCC2)c1. The number of hydrogen-bond donors (Lipinski definition) is 9. The molecule has 0 spiro atoms. The summed E-state index contributed by atoms with van der Waals surface area (Å²) in [6.45, 7) is 21.4. The Kier molecular flexibility index (Phi) is 63.4. The van der Waals surface area contributed by atoms with Gasteiger partial charge in [0.05, 0.1) is 100.0 Å². The standard InChI is InChI=1S/C17H27NO.C17H25NO.2C16H25NO2.C15H25NO2.C15H24O3.2C15H24O2S/c1-2-7-17(19)16-11-6-10-15(18-16)13-12-14-8-4-3-5-9-14;1-2-6-17(19)16-13-15(11-12-18-16)10-9-14-7-4-3-5-8-14;1-2-6-16(18)14-9-15(11-17-10-14)19-12-13-7-4-3-5-8-13;1-2-6-15(18)14-9-10-17-16(11-14)19-12-13-7-4-3-5-8-13;1-2-6-14(17)13-9-10-15(16-13)18-11-12-7-4-3-5-8-12;1-2-6-13(16)14-9-10-15(18-14)17-11-12-7-4-3-5-8-12;1-2-6-14(16)15-9-13(11-18-15)17-10-12-7-4-3-5-8-12;1-2-6-14(16)13-9-15(18-11-13)17-10-12-7-4-3-5-8-12/h6,10-11,14,17,19H,2-5,7-9,12-13H2,1H3;9-14,17,19H,2-8H2,1H3;9-11,13,16,18H,2-8,12H2,1H3;9-11,13,15,18H,2-8,12H2,1H3;9-10,12,14,16-17H,2-8,11H2,1H3;9-10,12-13,16H,2-8,11H2,1H3;2*9,11-12,14,16H,2-8,10H2,1H3/b;10-9+;;;;;;. The molecule has 8 aromatic rings. The summed E-state index contributed by atoms with van der Waals surface area (Å²) in [4.78, 5) is 21.5. The molecule has 0 aromatic carbocycles. The van der Waals surface area contributed by atoms with Crippen LogP contribution in [0.3, 0.4) is 0 Å². The minimum atomic E-state index is -0.498. The Morgan fingerprint density at radius 1 is 0.358 bits per heavy atom. The number of aromatic amines is 1. The fourth-order valence-electron chi connectivity index (χ4n) is 21.6. The van der Waals surface area contributed by atoms with E-state index in [0.29, 0.717) is 41.3 Å². The first-order valence-electron chi connectivity index (χ1n) is 59.5. The van der Waals surface area contributed by atoms with Gasteiger partial charge in [-0.05, 0) is 279 Å². The zero-order valence-corrected chi connectivity index (χ0v) is 94.4. The fourth-order valence-corrected chi connectivity index (χ4v) is 23.3. The summed E-state index contributed by atoms with van der Waals surface area (Å²) in [7, 11) is 0. The number of ether oxygens (including phenoxy) is 6. The highest BCUT2D eigenvalue weighted by Crippen LogP contribution is 2.39. The minimum absolute atomic E-state index is 0.313. The molecule has 16 rings (SSSR count). The largest absolute Gasteiger partial charge is 0.492 e. The lowest BCUT2D eigenvalue weighted by Crippen LogP contribution is -2.15. The van der Waals surface area contributed by atoms with Gasteiger partial charge < -0.3 is 78.7 Å². The van der Waals surface area contributed by atoms with E-state index in [1.807, 2.05) is 96.5 Å². The van der Waals surface area contributed by atoms with E-state index in [1.54, 1.807) is 47.5 Å². The second-order valence-corrected chi connectivity index (χ2v) is 45.7. The van der Waals surface area contributed by atoms with E-state index in [1.165, 1.54) is 263 Å². The van der Waals surface area contributed by atoms with Crippen LogP contribution in [0, 0.1) is 47.3 Å². The molecule has 8 fully saturated rings. The Morgan fingerprint density at radius 3 is 1.36 bits per heavy atom. The highest BCUT2D eigenvalue weighted by molar-refractivity contribution is 7.12.